The van der Waals surface area contributed by atoms with Gasteiger partial charge in [-0.15, -0.1) is 0 Å². The molecule has 0 fully saturated rings. The summed E-state index contributed by atoms with van der Waals surface area (Å²) in [5.74, 6) is 1.29. The second kappa shape index (κ2) is 8.65. The number of aromatic nitrogens is 2. The topological polar surface area (TPSA) is 29.9 Å². The van der Waals surface area contributed by atoms with Gasteiger partial charge in [0.2, 0.25) is 0 Å². The molecule has 0 unspecified atom stereocenters. The first-order valence-corrected chi connectivity index (χ1v) is 7.47. The summed E-state index contributed by atoms with van der Waals surface area (Å²) >= 11 is 1.94. The molecule has 0 atom stereocenters. The third kappa shape index (κ3) is 5.56. The minimum absolute atomic E-state index is 0.947. The smallest absolute Gasteiger partial charge is 0.0534 e. The Labute approximate surface area is 103 Å². The molecule has 0 aliphatic heterocycles. The minimum atomic E-state index is 0.947. The van der Waals surface area contributed by atoms with Crippen LogP contribution >= 0.6 is 11.8 Å². The molecule has 0 spiro atoms. The van der Waals surface area contributed by atoms with E-state index in [1.165, 1.54) is 30.6 Å². The van der Waals surface area contributed by atoms with Crippen LogP contribution in [0.15, 0.2) is 12.4 Å². The molecular weight excluding hydrogens is 218 g/mol. The summed E-state index contributed by atoms with van der Waals surface area (Å²) in [6.45, 7) is 5.12. The van der Waals surface area contributed by atoms with Gasteiger partial charge in [-0.25, -0.2) is 0 Å². The molecule has 0 radical (unpaired) electrons. The molecule has 0 saturated carbocycles. The van der Waals surface area contributed by atoms with Crippen LogP contribution in [0.5, 0.6) is 0 Å². The number of aryl methyl sites for hydroxylation is 1. The Morgan fingerprint density at radius 1 is 1.38 bits per heavy atom. The van der Waals surface area contributed by atoms with Crippen molar-refractivity contribution in [1.29, 1.82) is 0 Å². The zero-order valence-electron chi connectivity index (χ0n) is 10.4. The molecule has 4 heteroatoms. The van der Waals surface area contributed by atoms with Gasteiger partial charge in [-0.1, -0.05) is 6.42 Å². The lowest BCUT2D eigenvalue weighted by molar-refractivity contribution is 0.617. The first kappa shape index (κ1) is 13.6. The van der Waals surface area contributed by atoms with Crippen molar-refractivity contribution < 1.29 is 0 Å². The Morgan fingerprint density at radius 3 is 2.94 bits per heavy atom. The van der Waals surface area contributed by atoms with E-state index in [1.807, 2.05) is 22.6 Å². The summed E-state index contributed by atoms with van der Waals surface area (Å²) in [4.78, 5) is 0. The Kier molecular flexibility index (Phi) is 7.34. The summed E-state index contributed by atoms with van der Waals surface area (Å²) in [7, 11) is 0. The van der Waals surface area contributed by atoms with Crippen LogP contribution in [0.3, 0.4) is 0 Å². The summed E-state index contributed by atoms with van der Waals surface area (Å²) in [6, 6.07) is 0. The highest BCUT2D eigenvalue weighted by Crippen LogP contribution is 2.02. The van der Waals surface area contributed by atoms with Gasteiger partial charge in [0, 0.05) is 24.8 Å². The fourth-order valence-electron chi connectivity index (χ4n) is 1.58. The average molecular weight is 241 g/mol. The van der Waals surface area contributed by atoms with Crippen LogP contribution in [0.1, 0.15) is 31.7 Å². The monoisotopic (exact) mass is 241 g/mol. The fourth-order valence-corrected chi connectivity index (χ4v) is 2.07. The maximum Gasteiger partial charge on any atom is 0.0534 e. The molecule has 0 aromatic carbocycles. The van der Waals surface area contributed by atoms with Crippen molar-refractivity contribution in [1.82, 2.24) is 15.1 Å². The maximum atomic E-state index is 4.25. The van der Waals surface area contributed by atoms with E-state index in [0.29, 0.717) is 0 Å². The fraction of sp³-hybridized carbons (Fsp3) is 0.750. The molecule has 1 aromatic heterocycles. The number of nitrogens with zero attached hydrogens (tertiary/aromatic N) is 2. The van der Waals surface area contributed by atoms with E-state index in [-0.39, 0.29) is 0 Å². The van der Waals surface area contributed by atoms with Crippen LogP contribution in [0, 0.1) is 0 Å². The highest BCUT2D eigenvalue weighted by Gasteiger charge is 1.96. The van der Waals surface area contributed by atoms with E-state index in [1.54, 1.807) is 0 Å². The lowest BCUT2D eigenvalue weighted by atomic mass is 10.2. The van der Waals surface area contributed by atoms with E-state index in [4.69, 9.17) is 0 Å². The first-order chi connectivity index (χ1) is 7.86. The Morgan fingerprint density at radius 2 is 2.25 bits per heavy atom. The molecule has 1 N–H and O–H groups in total. The van der Waals surface area contributed by atoms with Crippen LogP contribution < -0.4 is 5.32 Å². The Bertz CT molecular complexity index is 273. The van der Waals surface area contributed by atoms with Crippen LogP contribution in [0.2, 0.25) is 0 Å². The molecule has 0 bridgehead atoms. The Balaban J connectivity index is 1.98. The zero-order chi connectivity index (χ0) is 11.6. The molecule has 92 valence electrons. The number of thioether (sulfide) groups is 1. The maximum absolute atomic E-state index is 4.25. The van der Waals surface area contributed by atoms with Gasteiger partial charge in [0.1, 0.15) is 0 Å². The number of rotatable bonds is 9. The summed E-state index contributed by atoms with van der Waals surface area (Å²) in [5.41, 5.74) is 1.28. The van der Waals surface area contributed by atoms with Crippen LogP contribution in [0.4, 0.5) is 0 Å². The molecule has 0 aliphatic rings. The van der Waals surface area contributed by atoms with Gasteiger partial charge in [-0.05, 0) is 38.3 Å². The number of hydrogen-bond donors (Lipinski definition) is 1. The lowest BCUT2D eigenvalue weighted by Gasteiger charge is -2.02. The van der Waals surface area contributed by atoms with Gasteiger partial charge < -0.3 is 5.32 Å². The minimum Gasteiger partial charge on any atom is -0.313 e. The Hall–Kier alpha value is -0.480. The third-order valence-electron chi connectivity index (χ3n) is 2.54. The zero-order valence-corrected chi connectivity index (χ0v) is 11.2. The van der Waals surface area contributed by atoms with E-state index < -0.39 is 0 Å². The number of hydrogen-bond acceptors (Lipinski definition) is 3. The van der Waals surface area contributed by atoms with Crippen molar-refractivity contribution in [3.63, 3.8) is 0 Å². The van der Waals surface area contributed by atoms with Crippen LogP contribution in [-0.2, 0) is 13.1 Å². The van der Waals surface area contributed by atoms with Crippen molar-refractivity contribution in [2.45, 2.75) is 39.3 Å². The first-order valence-electron chi connectivity index (χ1n) is 6.07. The molecule has 1 aromatic rings. The standard InChI is InChI=1S/C12H23N3S/c1-3-15-11-12(10-14-15)9-13-7-5-4-6-8-16-2/h10-11,13H,3-9H2,1-2H3. The van der Waals surface area contributed by atoms with E-state index in [0.717, 1.165) is 19.6 Å². The van der Waals surface area contributed by atoms with E-state index in [9.17, 15) is 0 Å². The molecule has 3 nitrogen and oxygen atoms in total. The van der Waals surface area contributed by atoms with Gasteiger partial charge in [-0.2, -0.15) is 16.9 Å². The summed E-state index contributed by atoms with van der Waals surface area (Å²) in [6.07, 6.45) is 10.2. The van der Waals surface area contributed by atoms with Gasteiger partial charge in [0.05, 0.1) is 6.20 Å². The van der Waals surface area contributed by atoms with Crippen molar-refractivity contribution >= 4 is 11.8 Å². The van der Waals surface area contributed by atoms with Gasteiger partial charge >= 0.3 is 0 Å². The average Bonchev–Trinajstić information content (AvgIpc) is 2.76. The predicted molar refractivity (Wildman–Crippen MR) is 71.8 cm³/mol. The molecular formula is C12H23N3S. The normalized spacial score (nSPS) is 10.9. The van der Waals surface area contributed by atoms with Gasteiger partial charge in [0.15, 0.2) is 0 Å². The highest BCUT2D eigenvalue weighted by molar-refractivity contribution is 7.98. The summed E-state index contributed by atoms with van der Waals surface area (Å²) in [5, 5.41) is 7.70. The number of unbranched alkanes of at least 4 members (excludes halogenated alkanes) is 2. The van der Waals surface area contributed by atoms with Crippen LogP contribution in [0.25, 0.3) is 0 Å². The molecule has 1 rings (SSSR count). The molecule has 16 heavy (non-hydrogen) atoms. The molecule has 1 heterocycles. The lowest BCUT2D eigenvalue weighted by Crippen LogP contribution is -2.14. The van der Waals surface area contributed by atoms with Gasteiger partial charge in [0.25, 0.3) is 0 Å². The number of nitrogens with one attached hydrogen (secondary N) is 1. The van der Waals surface area contributed by atoms with Crippen molar-refractivity contribution in [3.8, 4) is 0 Å². The third-order valence-corrected chi connectivity index (χ3v) is 3.24. The second-order valence-electron chi connectivity index (χ2n) is 3.93. The highest BCUT2D eigenvalue weighted by atomic mass is 32.2. The molecule has 0 saturated heterocycles. The predicted octanol–water partition coefficient (Wildman–Crippen LogP) is 2.53. The van der Waals surface area contributed by atoms with E-state index >= 15 is 0 Å². The van der Waals surface area contributed by atoms with Gasteiger partial charge in [-0.3, -0.25) is 4.68 Å². The van der Waals surface area contributed by atoms with Crippen molar-refractivity contribution in [2.75, 3.05) is 18.6 Å². The van der Waals surface area contributed by atoms with Crippen molar-refractivity contribution in [2.24, 2.45) is 0 Å². The van der Waals surface area contributed by atoms with Crippen molar-refractivity contribution in [3.05, 3.63) is 18.0 Å². The quantitative estimate of drug-likeness (QED) is 0.674. The SMILES string of the molecule is CCn1cc(CNCCCCCSC)cn1. The van der Waals surface area contributed by atoms with E-state index in [2.05, 4.69) is 29.8 Å². The largest absolute Gasteiger partial charge is 0.313 e. The molecule has 0 amide bonds. The molecule has 0 aliphatic carbocycles. The second-order valence-corrected chi connectivity index (χ2v) is 4.92. The van der Waals surface area contributed by atoms with Crippen LogP contribution in [-0.4, -0.2) is 28.3 Å². The summed E-state index contributed by atoms with van der Waals surface area (Å²) < 4.78 is 1.97.